The van der Waals surface area contributed by atoms with Crippen LogP contribution in [-0.2, 0) is 10.8 Å². The van der Waals surface area contributed by atoms with Gasteiger partial charge in [-0.1, -0.05) is 6.92 Å². The smallest absolute Gasteiger partial charge is 0.128 e. The molecule has 1 saturated heterocycles. The van der Waals surface area contributed by atoms with E-state index in [0.29, 0.717) is 6.04 Å². The predicted molar refractivity (Wildman–Crippen MR) is 76.4 cm³/mol. The van der Waals surface area contributed by atoms with E-state index in [1.54, 1.807) is 0 Å². The summed E-state index contributed by atoms with van der Waals surface area (Å²) in [6.07, 6.45) is 1.87. The molecule has 0 saturated carbocycles. The quantitative estimate of drug-likeness (QED) is 0.894. The number of rotatable bonds is 4. The fourth-order valence-electron chi connectivity index (χ4n) is 2.17. The molecule has 1 aromatic heterocycles. The van der Waals surface area contributed by atoms with E-state index in [1.165, 1.54) is 5.56 Å². The van der Waals surface area contributed by atoms with Crippen LogP contribution in [0.25, 0.3) is 0 Å². The van der Waals surface area contributed by atoms with Crippen LogP contribution in [0.4, 0.5) is 5.82 Å². The molecule has 0 spiro atoms. The minimum atomic E-state index is -0.634. The van der Waals surface area contributed by atoms with Crippen molar-refractivity contribution in [1.82, 2.24) is 10.3 Å². The van der Waals surface area contributed by atoms with E-state index in [-0.39, 0.29) is 0 Å². The van der Waals surface area contributed by atoms with E-state index in [2.05, 4.69) is 41.2 Å². The molecule has 4 nitrogen and oxygen atoms in total. The van der Waals surface area contributed by atoms with Crippen molar-refractivity contribution in [3.63, 3.8) is 0 Å². The summed E-state index contributed by atoms with van der Waals surface area (Å²) in [7, 11) is -0.634. The second kappa shape index (κ2) is 6.29. The standard InChI is InChI=1S/C13H21N3OS/c1-3-14-11(2)12-4-5-15-13(10-12)16-6-8-18(17)9-7-16/h4-5,10-11,14H,3,6-9H2,1-2H3. The Morgan fingerprint density at radius 2 is 2.22 bits per heavy atom. The first-order valence-electron chi connectivity index (χ1n) is 6.50. The monoisotopic (exact) mass is 267 g/mol. The van der Waals surface area contributed by atoms with Gasteiger partial charge >= 0.3 is 0 Å². The molecule has 1 unspecified atom stereocenters. The van der Waals surface area contributed by atoms with E-state index >= 15 is 0 Å². The average Bonchev–Trinajstić information content (AvgIpc) is 2.40. The van der Waals surface area contributed by atoms with Gasteiger partial charge < -0.3 is 10.2 Å². The van der Waals surface area contributed by atoms with Crippen LogP contribution in [0.15, 0.2) is 18.3 Å². The van der Waals surface area contributed by atoms with E-state index in [1.807, 2.05) is 6.20 Å². The highest BCUT2D eigenvalue weighted by atomic mass is 32.2. The summed E-state index contributed by atoms with van der Waals surface area (Å²) < 4.78 is 11.4. The lowest BCUT2D eigenvalue weighted by molar-refractivity contribution is 0.597. The second-order valence-corrected chi connectivity index (χ2v) is 6.26. The van der Waals surface area contributed by atoms with Gasteiger partial charge in [0.2, 0.25) is 0 Å². The Bertz CT molecular complexity index is 414. The lowest BCUT2D eigenvalue weighted by Crippen LogP contribution is -2.38. The van der Waals surface area contributed by atoms with E-state index in [4.69, 9.17) is 0 Å². The SMILES string of the molecule is CCNC(C)c1ccnc(N2CCS(=O)CC2)c1. The first-order chi connectivity index (χ1) is 8.70. The second-order valence-electron chi connectivity index (χ2n) is 4.56. The molecule has 1 atom stereocenters. The van der Waals surface area contributed by atoms with Crippen molar-refractivity contribution in [3.05, 3.63) is 23.9 Å². The molecule has 2 rings (SSSR count). The van der Waals surface area contributed by atoms with Gasteiger partial charge in [0, 0.05) is 47.6 Å². The third kappa shape index (κ3) is 3.29. The summed E-state index contributed by atoms with van der Waals surface area (Å²) in [6.45, 7) is 6.92. The third-order valence-electron chi connectivity index (χ3n) is 3.28. The van der Waals surface area contributed by atoms with Gasteiger partial charge in [-0.25, -0.2) is 4.98 Å². The van der Waals surface area contributed by atoms with Crippen LogP contribution in [0.3, 0.4) is 0 Å². The summed E-state index contributed by atoms with van der Waals surface area (Å²) in [5.74, 6) is 2.53. The van der Waals surface area contributed by atoms with E-state index in [0.717, 1.165) is 37.0 Å². The Morgan fingerprint density at radius 1 is 1.50 bits per heavy atom. The van der Waals surface area contributed by atoms with Crippen molar-refractivity contribution in [2.75, 3.05) is 36.0 Å². The molecule has 0 aromatic carbocycles. The zero-order valence-corrected chi connectivity index (χ0v) is 11.9. The lowest BCUT2D eigenvalue weighted by atomic mass is 10.1. The van der Waals surface area contributed by atoms with Gasteiger partial charge in [-0.05, 0) is 31.2 Å². The summed E-state index contributed by atoms with van der Waals surface area (Å²) in [6, 6.07) is 4.54. The molecule has 100 valence electrons. The maximum atomic E-state index is 11.4. The number of hydrogen-bond acceptors (Lipinski definition) is 4. The number of nitrogens with one attached hydrogen (secondary N) is 1. The van der Waals surface area contributed by atoms with Crippen LogP contribution in [0.5, 0.6) is 0 Å². The first kappa shape index (κ1) is 13.5. The summed E-state index contributed by atoms with van der Waals surface area (Å²) in [5.41, 5.74) is 1.26. The minimum absolute atomic E-state index is 0.343. The number of pyridine rings is 1. The van der Waals surface area contributed by atoms with Gasteiger partial charge in [0.25, 0.3) is 0 Å². The van der Waals surface area contributed by atoms with Crippen LogP contribution >= 0.6 is 0 Å². The van der Waals surface area contributed by atoms with Gasteiger partial charge in [-0.15, -0.1) is 0 Å². The Kier molecular flexibility index (Phi) is 4.72. The van der Waals surface area contributed by atoms with Gasteiger partial charge in [0.1, 0.15) is 5.82 Å². The van der Waals surface area contributed by atoms with Gasteiger partial charge in [0.15, 0.2) is 0 Å². The van der Waals surface area contributed by atoms with Gasteiger partial charge in [-0.2, -0.15) is 0 Å². The molecule has 1 aliphatic heterocycles. The number of hydrogen-bond donors (Lipinski definition) is 1. The van der Waals surface area contributed by atoms with Gasteiger partial charge in [0.05, 0.1) is 0 Å². The number of nitrogens with zero attached hydrogens (tertiary/aromatic N) is 2. The summed E-state index contributed by atoms with van der Waals surface area (Å²) in [5, 5.41) is 3.40. The van der Waals surface area contributed by atoms with Crippen molar-refractivity contribution < 1.29 is 4.21 Å². The van der Waals surface area contributed by atoms with Crippen LogP contribution in [0.2, 0.25) is 0 Å². The molecule has 0 amide bonds. The van der Waals surface area contributed by atoms with Crippen LogP contribution < -0.4 is 10.2 Å². The van der Waals surface area contributed by atoms with Crippen molar-refractivity contribution in [1.29, 1.82) is 0 Å². The average molecular weight is 267 g/mol. The van der Waals surface area contributed by atoms with Crippen LogP contribution in [0.1, 0.15) is 25.5 Å². The molecule has 18 heavy (non-hydrogen) atoms. The highest BCUT2D eigenvalue weighted by molar-refractivity contribution is 7.85. The lowest BCUT2D eigenvalue weighted by Gasteiger charge is -2.28. The number of anilines is 1. The largest absolute Gasteiger partial charge is 0.355 e. The topological polar surface area (TPSA) is 45.2 Å². The fourth-order valence-corrected chi connectivity index (χ4v) is 3.22. The maximum Gasteiger partial charge on any atom is 0.128 e. The van der Waals surface area contributed by atoms with Crippen molar-refractivity contribution in [2.24, 2.45) is 0 Å². The molecule has 1 aromatic rings. The van der Waals surface area contributed by atoms with Crippen molar-refractivity contribution in [3.8, 4) is 0 Å². The summed E-state index contributed by atoms with van der Waals surface area (Å²) >= 11 is 0. The van der Waals surface area contributed by atoms with Gasteiger partial charge in [-0.3, -0.25) is 4.21 Å². The molecule has 1 N–H and O–H groups in total. The van der Waals surface area contributed by atoms with Crippen molar-refractivity contribution in [2.45, 2.75) is 19.9 Å². The first-order valence-corrected chi connectivity index (χ1v) is 7.98. The Balaban J connectivity index is 2.09. The highest BCUT2D eigenvalue weighted by Gasteiger charge is 2.17. The molecular formula is C13H21N3OS. The Labute approximate surface area is 111 Å². The molecule has 1 aliphatic rings. The maximum absolute atomic E-state index is 11.4. The van der Waals surface area contributed by atoms with Crippen LogP contribution in [0, 0.1) is 0 Å². The highest BCUT2D eigenvalue weighted by Crippen LogP contribution is 2.19. The van der Waals surface area contributed by atoms with Crippen molar-refractivity contribution >= 4 is 16.6 Å². The number of aromatic nitrogens is 1. The molecule has 5 heteroatoms. The molecular weight excluding hydrogens is 246 g/mol. The molecule has 0 bridgehead atoms. The van der Waals surface area contributed by atoms with E-state index < -0.39 is 10.8 Å². The zero-order valence-electron chi connectivity index (χ0n) is 11.1. The summed E-state index contributed by atoms with van der Waals surface area (Å²) in [4.78, 5) is 6.66. The Morgan fingerprint density at radius 3 is 2.89 bits per heavy atom. The third-order valence-corrected chi connectivity index (χ3v) is 4.56. The molecule has 2 heterocycles. The zero-order chi connectivity index (χ0) is 13.0. The normalized spacial score (nSPS) is 18.9. The van der Waals surface area contributed by atoms with E-state index in [9.17, 15) is 4.21 Å². The van der Waals surface area contributed by atoms with Crippen LogP contribution in [-0.4, -0.2) is 40.3 Å². The molecule has 0 radical (unpaired) electrons. The Hall–Kier alpha value is -0.940. The molecule has 1 fully saturated rings. The minimum Gasteiger partial charge on any atom is -0.355 e. The molecule has 0 aliphatic carbocycles. The fraction of sp³-hybridized carbons (Fsp3) is 0.615. The predicted octanol–water partition coefficient (Wildman–Crippen LogP) is 1.32.